The Kier molecular flexibility index (Phi) is 3.73. The van der Waals surface area contributed by atoms with E-state index in [0.29, 0.717) is 15.6 Å². The predicted molar refractivity (Wildman–Crippen MR) is 60.2 cm³/mol. The molecule has 0 spiro atoms. The minimum Gasteiger partial charge on any atom is -0.289 e. The number of carbonyl (C=O) groups is 1. The third-order valence-electron chi connectivity index (χ3n) is 1.63. The molecule has 0 unspecified atom stereocenters. The lowest BCUT2D eigenvalue weighted by Gasteiger charge is -2.02. The van der Waals surface area contributed by atoms with Gasteiger partial charge in [0.25, 0.3) is 0 Å². The molecule has 1 aromatic carbocycles. The van der Waals surface area contributed by atoms with Crippen LogP contribution in [-0.4, -0.2) is 5.78 Å². The van der Waals surface area contributed by atoms with Gasteiger partial charge in [0.2, 0.25) is 0 Å². The molecular formula is C11H10Cl2O. The van der Waals surface area contributed by atoms with E-state index in [2.05, 4.69) is 0 Å². The van der Waals surface area contributed by atoms with Gasteiger partial charge in [-0.25, -0.2) is 0 Å². The van der Waals surface area contributed by atoms with Gasteiger partial charge in [0.1, 0.15) is 0 Å². The monoisotopic (exact) mass is 228 g/mol. The van der Waals surface area contributed by atoms with E-state index in [1.165, 1.54) is 6.08 Å². The number of allylic oxidation sites excluding steroid dienone is 2. The van der Waals surface area contributed by atoms with Crippen molar-refractivity contribution in [3.8, 4) is 0 Å². The molecule has 1 rings (SSSR count). The molecule has 1 aromatic rings. The molecular weight excluding hydrogens is 219 g/mol. The highest BCUT2D eigenvalue weighted by Gasteiger charge is 2.11. The lowest BCUT2D eigenvalue weighted by atomic mass is 10.1. The highest BCUT2D eigenvalue weighted by Crippen LogP contribution is 2.25. The Morgan fingerprint density at radius 2 is 1.71 bits per heavy atom. The van der Waals surface area contributed by atoms with Crippen molar-refractivity contribution in [2.24, 2.45) is 0 Å². The number of carbonyl (C=O) groups excluding carboxylic acids is 1. The second-order valence-corrected chi connectivity index (χ2v) is 4.00. The standard InChI is InChI=1S/C11H10Cl2O/c1-7(2)6-10(14)11-8(12)4-3-5-9(11)13/h3-6H,1-2H3. The average Bonchev–Trinajstić information content (AvgIpc) is 2.01. The van der Waals surface area contributed by atoms with E-state index in [9.17, 15) is 4.79 Å². The summed E-state index contributed by atoms with van der Waals surface area (Å²) in [4.78, 5) is 11.7. The van der Waals surface area contributed by atoms with Crippen molar-refractivity contribution in [3.63, 3.8) is 0 Å². The summed E-state index contributed by atoms with van der Waals surface area (Å²) in [5.41, 5.74) is 1.29. The van der Waals surface area contributed by atoms with Crippen molar-refractivity contribution in [2.75, 3.05) is 0 Å². The molecule has 0 radical (unpaired) electrons. The van der Waals surface area contributed by atoms with Crippen LogP contribution in [0, 0.1) is 0 Å². The Morgan fingerprint density at radius 1 is 1.21 bits per heavy atom. The maximum Gasteiger partial charge on any atom is 0.188 e. The second kappa shape index (κ2) is 4.63. The molecule has 0 N–H and O–H groups in total. The van der Waals surface area contributed by atoms with Crippen molar-refractivity contribution in [2.45, 2.75) is 13.8 Å². The van der Waals surface area contributed by atoms with E-state index in [0.717, 1.165) is 5.57 Å². The Balaban J connectivity index is 3.19. The molecule has 3 heteroatoms. The van der Waals surface area contributed by atoms with Gasteiger partial charge in [-0.15, -0.1) is 0 Å². The molecule has 0 heterocycles. The Labute approximate surface area is 93.3 Å². The first-order valence-corrected chi connectivity index (χ1v) is 4.91. The first kappa shape index (κ1) is 11.3. The number of rotatable bonds is 2. The minimum atomic E-state index is -0.152. The van der Waals surface area contributed by atoms with E-state index >= 15 is 0 Å². The Morgan fingerprint density at radius 3 is 2.14 bits per heavy atom. The van der Waals surface area contributed by atoms with Crippen molar-refractivity contribution >= 4 is 29.0 Å². The molecule has 1 nitrogen and oxygen atoms in total. The quantitative estimate of drug-likeness (QED) is 0.550. The van der Waals surface area contributed by atoms with Crippen molar-refractivity contribution in [1.82, 2.24) is 0 Å². The van der Waals surface area contributed by atoms with Crippen LogP contribution >= 0.6 is 23.2 Å². The van der Waals surface area contributed by atoms with Crippen LogP contribution in [-0.2, 0) is 0 Å². The molecule has 0 amide bonds. The molecule has 0 bridgehead atoms. The van der Waals surface area contributed by atoms with E-state index in [1.54, 1.807) is 18.2 Å². The smallest absolute Gasteiger partial charge is 0.188 e. The lowest BCUT2D eigenvalue weighted by Crippen LogP contribution is -1.97. The number of ketones is 1. The summed E-state index contributed by atoms with van der Waals surface area (Å²) in [6, 6.07) is 5.02. The molecule has 0 saturated carbocycles. The Hall–Kier alpha value is -0.790. The third kappa shape index (κ3) is 2.60. The van der Waals surface area contributed by atoms with Crippen molar-refractivity contribution < 1.29 is 4.79 Å². The van der Waals surface area contributed by atoms with Gasteiger partial charge in [0.05, 0.1) is 15.6 Å². The van der Waals surface area contributed by atoms with E-state index in [4.69, 9.17) is 23.2 Å². The molecule has 0 atom stereocenters. The molecule has 0 aromatic heterocycles. The topological polar surface area (TPSA) is 17.1 Å². The van der Waals surface area contributed by atoms with Gasteiger partial charge in [-0.2, -0.15) is 0 Å². The molecule has 0 aliphatic heterocycles. The molecule has 0 saturated heterocycles. The van der Waals surface area contributed by atoms with Crippen LogP contribution in [0.4, 0.5) is 0 Å². The first-order valence-electron chi connectivity index (χ1n) is 4.15. The summed E-state index contributed by atoms with van der Waals surface area (Å²) >= 11 is 11.7. The van der Waals surface area contributed by atoms with E-state index in [1.807, 2.05) is 13.8 Å². The van der Waals surface area contributed by atoms with Crippen LogP contribution < -0.4 is 0 Å². The first-order chi connectivity index (χ1) is 6.52. The maximum atomic E-state index is 11.7. The van der Waals surface area contributed by atoms with Gasteiger partial charge in [0.15, 0.2) is 5.78 Å². The van der Waals surface area contributed by atoms with E-state index < -0.39 is 0 Å². The zero-order valence-corrected chi connectivity index (χ0v) is 9.49. The zero-order valence-electron chi connectivity index (χ0n) is 7.97. The van der Waals surface area contributed by atoms with Crippen molar-refractivity contribution in [1.29, 1.82) is 0 Å². The van der Waals surface area contributed by atoms with Gasteiger partial charge >= 0.3 is 0 Å². The fourth-order valence-corrected chi connectivity index (χ4v) is 1.65. The summed E-state index contributed by atoms with van der Waals surface area (Å²) in [6.07, 6.45) is 1.52. The number of benzene rings is 1. The normalized spacial score (nSPS) is 9.71. The summed E-state index contributed by atoms with van der Waals surface area (Å²) < 4.78 is 0. The third-order valence-corrected chi connectivity index (χ3v) is 2.26. The van der Waals surface area contributed by atoms with Crippen LogP contribution in [0.5, 0.6) is 0 Å². The lowest BCUT2D eigenvalue weighted by molar-refractivity contribution is 0.104. The summed E-state index contributed by atoms with van der Waals surface area (Å²) in [5.74, 6) is -0.152. The second-order valence-electron chi connectivity index (χ2n) is 3.18. The van der Waals surface area contributed by atoms with Gasteiger partial charge in [-0.3, -0.25) is 4.79 Å². The van der Waals surface area contributed by atoms with Crippen LogP contribution in [0.25, 0.3) is 0 Å². The summed E-state index contributed by atoms with van der Waals surface area (Å²) in [7, 11) is 0. The highest BCUT2D eigenvalue weighted by molar-refractivity contribution is 6.40. The van der Waals surface area contributed by atoms with Crippen LogP contribution in [0.3, 0.4) is 0 Å². The molecule has 0 aliphatic carbocycles. The van der Waals surface area contributed by atoms with Gasteiger partial charge in [-0.1, -0.05) is 34.8 Å². The zero-order chi connectivity index (χ0) is 10.7. The summed E-state index contributed by atoms with van der Waals surface area (Å²) in [6.45, 7) is 3.70. The average molecular weight is 229 g/mol. The Bertz CT molecular complexity index is 370. The fourth-order valence-electron chi connectivity index (χ4n) is 1.07. The molecule has 0 aliphatic rings. The molecule has 0 fully saturated rings. The number of hydrogen-bond donors (Lipinski definition) is 0. The highest BCUT2D eigenvalue weighted by atomic mass is 35.5. The minimum absolute atomic E-state index is 0.152. The number of halogens is 2. The van der Waals surface area contributed by atoms with Gasteiger partial charge in [0, 0.05) is 0 Å². The van der Waals surface area contributed by atoms with Crippen LogP contribution in [0.2, 0.25) is 10.0 Å². The van der Waals surface area contributed by atoms with Crippen LogP contribution in [0.15, 0.2) is 29.8 Å². The number of hydrogen-bond acceptors (Lipinski definition) is 1. The van der Waals surface area contributed by atoms with Crippen molar-refractivity contribution in [3.05, 3.63) is 45.5 Å². The molecule has 74 valence electrons. The maximum absolute atomic E-state index is 11.7. The van der Waals surface area contributed by atoms with Gasteiger partial charge in [-0.05, 0) is 32.1 Å². The molecule has 14 heavy (non-hydrogen) atoms. The summed E-state index contributed by atoms with van der Waals surface area (Å²) in [5, 5.41) is 0.778. The van der Waals surface area contributed by atoms with E-state index in [-0.39, 0.29) is 5.78 Å². The predicted octanol–water partition coefficient (Wildman–Crippen LogP) is 4.14. The SMILES string of the molecule is CC(C)=CC(=O)c1c(Cl)cccc1Cl. The van der Waals surface area contributed by atoms with Crippen LogP contribution in [0.1, 0.15) is 24.2 Å². The van der Waals surface area contributed by atoms with Gasteiger partial charge < -0.3 is 0 Å². The fraction of sp³-hybridized carbons (Fsp3) is 0.182. The largest absolute Gasteiger partial charge is 0.289 e.